The van der Waals surface area contributed by atoms with Gasteiger partial charge in [-0.15, -0.1) is 0 Å². The summed E-state index contributed by atoms with van der Waals surface area (Å²) in [7, 11) is 3.80. The van der Waals surface area contributed by atoms with Crippen LogP contribution in [0.25, 0.3) is 0 Å². The molecule has 0 saturated carbocycles. The summed E-state index contributed by atoms with van der Waals surface area (Å²) < 4.78 is 0.665. The van der Waals surface area contributed by atoms with E-state index in [9.17, 15) is 20.1 Å². The fourth-order valence-electron chi connectivity index (χ4n) is 2.19. The Balaban J connectivity index is 2.35. The van der Waals surface area contributed by atoms with Crippen LogP contribution in [0.1, 0.15) is 12.5 Å². The second-order valence-corrected chi connectivity index (χ2v) is 5.58. The van der Waals surface area contributed by atoms with Crippen molar-refractivity contribution in [3.05, 3.63) is 63.3 Å². The Kier molecular flexibility index (Phi) is 5.33. The van der Waals surface area contributed by atoms with Crippen molar-refractivity contribution in [1.29, 1.82) is 0 Å². The van der Waals surface area contributed by atoms with Crippen LogP contribution in [0.15, 0.2) is 42.5 Å². The van der Waals surface area contributed by atoms with Gasteiger partial charge in [0.05, 0.1) is 4.92 Å². The third-order valence-corrected chi connectivity index (χ3v) is 3.41. The molecule has 0 heterocycles. The van der Waals surface area contributed by atoms with Gasteiger partial charge in [0.2, 0.25) is 11.6 Å². The Labute approximate surface area is 144 Å². The minimum Gasteiger partial charge on any atom is -0.618 e. The molecule has 0 aromatic heterocycles. The van der Waals surface area contributed by atoms with Gasteiger partial charge in [-0.05, 0) is 24.3 Å². The van der Waals surface area contributed by atoms with Crippen molar-refractivity contribution in [1.82, 2.24) is 0 Å². The summed E-state index contributed by atoms with van der Waals surface area (Å²) in [4.78, 5) is 23.5. The van der Waals surface area contributed by atoms with Gasteiger partial charge >= 0.3 is 0 Å². The van der Waals surface area contributed by atoms with Crippen molar-refractivity contribution < 1.29 is 14.5 Å². The number of hydrogen-bond acceptors (Lipinski definition) is 5. The van der Waals surface area contributed by atoms with Crippen LogP contribution in [0, 0.1) is 15.3 Å². The van der Waals surface area contributed by atoms with Gasteiger partial charge < -0.3 is 15.4 Å². The number of nitrogens with one attached hydrogen (secondary N) is 1. The molecule has 0 aliphatic carbocycles. The lowest BCUT2D eigenvalue weighted by Gasteiger charge is -2.12. The lowest BCUT2D eigenvalue weighted by atomic mass is 10.2. The van der Waals surface area contributed by atoms with E-state index < -0.39 is 10.8 Å². The topological polar surface area (TPSA) is 102 Å². The van der Waals surface area contributed by atoms with Gasteiger partial charge in [0.25, 0.3) is 5.69 Å². The van der Waals surface area contributed by atoms with E-state index in [1.807, 2.05) is 31.1 Å². The minimum atomic E-state index is -0.593. The molecule has 130 valence electrons. The van der Waals surface area contributed by atoms with Crippen molar-refractivity contribution in [3.8, 4) is 0 Å². The molecule has 25 heavy (non-hydrogen) atoms. The van der Waals surface area contributed by atoms with Crippen molar-refractivity contribution in [3.63, 3.8) is 0 Å². The number of nitro benzene ring substituents is 1. The number of benzene rings is 2. The van der Waals surface area contributed by atoms with Gasteiger partial charge in [-0.1, -0.05) is 0 Å². The first-order chi connectivity index (χ1) is 11.8. The second-order valence-electron chi connectivity index (χ2n) is 5.58. The van der Waals surface area contributed by atoms with Gasteiger partial charge in [0.1, 0.15) is 5.69 Å². The number of nitro groups is 1. The molecule has 0 atom stereocenters. The van der Waals surface area contributed by atoms with Crippen molar-refractivity contribution >= 4 is 34.9 Å². The largest absolute Gasteiger partial charge is 0.618 e. The Morgan fingerprint density at radius 1 is 1.12 bits per heavy atom. The fraction of sp³-hybridized carbons (Fsp3) is 0.176. The number of nitrogens with zero attached hydrogens (tertiary/aromatic N) is 3. The van der Waals surface area contributed by atoms with E-state index >= 15 is 0 Å². The third-order valence-electron chi connectivity index (χ3n) is 3.41. The van der Waals surface area contributed by atoms with Crippen LogP contribution in [-0.4, -0.2) is 35.9 Å². The zero-order valence-electron chi connectivity index (χ0n) is 14.1. The second kappa shape index (κ2) is 7.43. The third kappa shape index (κ3) is 4.54. The molecule has 2 aromatic carbocycles. The summed E-state index contributed by atoms with van der Waals surface area (Å²) in [5, 5.41) is 25.7. The van der Waals surface area contributed by atoms with Gasteiger partial charge in [0.15, 0.2) is 6.21 Å². The van der Waals surface area contributed by atoms with Crippen LogP contribution in [0.5, 0.6) is 0 Å². The summed E-state index contributed by atoms with van der Waals surface area (Å²) in [6.07, 6.45) is 1.29. The summed E-state index contributed by atoms with van der Waals surface area (Å²) >= 11 is 0. The molecule has 0 saturated heterocycles. The molecule has 1 N–H and O–H groups in total. The average Bonchev–Trinajstić information content (AvgIpc) is 2.54. The van der Waals surface area contributed by atoms with Crippen LogP contribution < -0.4 is 10.2 Å². The first-order valence-electron chi connectivity index (χ1n) is 7.42. The SMILES string of the molecule is CC(=O)Nc1cc(/C=[N+](\[O-])c2ccc(N(C)C)cc2)ccc1[N+](=O)[O-]. The van der Waals surface area contributed by atoms with E-state index in [1.165, 1.54) is 31.3 Å². The zero-order valence-corrected chi connectivity index (χ0v) is 14.1. The number of carbonyl (C=O) groups excluding carboxylic acids is 1. The molecular formula is C17H18N4O4. The zero-order chi connectivity index (χ0) is 18.6. The molecule has 2 aromatic rings. The van der Waals surface area contributed by atoms with Gasteiger partial charge in [0, 0.05) is 50.5 Å². The highest BCUT2D eigenvalue weighted by Crippen LogP contribution is 2.25. The molecule has 0 aliphatic rings. The van der Waals surface area contributed by atoms with E-state index in [2.05, 4.69) is 5.32 Å². The standard InChI is InChI=1S/C17H18N4O4/c1-12(22)18-16-10-13(4-9-17(16)21(24)25)11-20(23)15-7-5-14(6-8-15)19(2)3/h4-11H,1-3H3,(H,18,22)/b20-11-. The Morgan fingerprint density at radius 3 is 2.28 bits per heavy atom. The highest BCUT2D eigenvalue weighted by atomic mass is 16.6. The quantitative estimate of drug-likeness (QED) is 0.296. The highest BCUT2D eigenvalue weighted by molar-refractivity contribution is 5.93. The minimum absolute atomic E-state index is 0.0441. The van der Waals surface area contributed by atoms with Gasteiger partial charge in [-0.2, -0.15) is 4.74 Å². The van der Waals surface area contributed by atoms with E-state index in [4.69, 9.17) is 0 Å². The molecule has 0 radical (unpaired) electrons. The number of rotatable bonds is 5. The van der Waals surface area contributed by atoms with E-state index in [0.717, 1.165) is 5.69 Å². The smallest absolute Gasteiger partial charge is 0.292 e. The highest BCUT2D eigenvalue weighted by Gasteiger charge is 2.15. The maximum absolute atomic E-state index is 12.3. The predicted octanol–water partition coefficient (Wildman–Crippen LogP) is 2.88. The van der Waals surface area contributed by atoms with Crippen LogP contribution >= 0.6 is 0 Å². The molecular weight excluding hydrogens is 324 g/mol. The Bertz CT molecular complexity index is 829. The Morgan fingerprint density at radius 2 is 1.76 bits per heavy atom. The molecule has 8 nitrogen and oxygen atoms in total. The first kappa shape index (κ1) is 17.9. The maximum atomic E-state index is 12.3. The normalized spacial score (nSPS) is 11.1. The summed E-state index contributed by atoms with van der Waals surface area (Å²) in [5.41, 5.74) is 1.62. The number of carbonyl (C=O) groups is 1. The van der Waals surface area contributed by atoms with Crippen LogP contribution in [-0.2, 0) is 4.79 Å². The van der Waals surface area contributed by atoms with E-state index in [-0.39, 0.29) is 11.4 Å². The van der Waals surface area contributed by atoms with Crippen LogP contribution in [0.3, 0.4) is 0 Å². The summed E-state index contributed by atoms with van der Waals surface area (Å²) in [5.74, 6) is -0.432. The lowest BCUT2D eigenvalue weighted by molar-refractivity contribution is -0.383. The monoisotopic (exact) mass is 342 g/mol. The first-order valence-corrected chi connectivity index (χ1v) is 7.42. The van der Waals surface area contributed by atoms with Crippen LogP contribution in [0.2, 0.25) is 0 Å². The van der Waals surface area contributed by atoms with E-state index in [0.29, 0.717) is 16.0 Å². The molecule has 2 rings (SSSR count). The molecule has 0 fully saturated rings. The average molecular weight is 342 g/mol. The van der Waals surface area contributed by atoms with Gasteiger partial charge in [-0.3, -0.25) is 14.9 Å². The van der Waals surface area contributed by atoms with Crippen molar-refractivity contribution in [2.24, 2.45) is 0 Å². The number of anilines is 2. The lowest BCUT2D eigenvalue weighted by Crippen LogP contribution is -2.09. The molecule has 0 spiro atoms. The molecule has 0 bridgehead atoms. The summed E-state index contributed by atoms with van der Waals surface area (Å²) in [6, 6.07) is 11.1. The number of amides is 1. The van der Waals surface area contributed by atoms with Crippen molar-refractivity contribution in [2.75, 3.05) is 24.3 Å². The number of hydrogen-bond donors (Lipinski definition) is 1. The van der Waals surface area contributed by atoms with Gasteiger partial charge in [-0.25, -0.2) is 0 Å². The fourth-order valence-corrected chi connectivity index (χ4v) is 2.19. The Hall–Kier alpha value is -3.42. The molecule has 1 amide bonds. The summed E-state index contributed by atoms with van der Waals surface area (Å²) in [6.45, 7) is 1.26. The predicted molar refractivity (Wildman–Crippen MR) is 96.6 cm³/mol. The molecule has 0 aliphatic heterocycles. The molecule has 0 unspecified atom stereocenters. The van der Waals surface area contributed by atoms with E-state index in [1.54, 1.807) is 12.1 Å². The van der Waals surface area contributed by atoms with Crippen LogP contribution in [0.4, 0.5) is 22.7 Å². The van der Waals surface area contributed by atoms with Crippen molar-refractivity contribution in [2.45, 2.75) is 6.92 Å². The molecule has 8 heteroatoms. The maximum Gasteiger partial charge on any atom is 0.292 e.